The number of piperidine rings is 1. The number of nitrogens with one attached hydrogen (secondary N) is 3. The number of aromatic nitrogens is 2. The van der Waals surface area contributed by atoms with Crippen LogP contribution in [0, 0.1) is 0 Å². The highest BCUT2D eigenvalue weighted by Crippen LogP contribution is 2.23. The van der Waals surface area contributed by atoms with E-state index in [-0.39, 0.29) is 36.5 Å². The Hall–Kier alpha value is -3.00. The quantitative estimate of drug-likeness (QED) is 0.620. The maximum Gasteiger partial charge on any atom is 0.251 e. The SMILES string of the molecule is NCc1cc(=O)[nH]c(CNC(=O)c2ccc(C3CCCC(=O)N3)cc2)n1. The Balaban J connectivity index is 1.62. The summed E-state index contributed by atoms with van der Waals surface area (Å²) in [4.78, 5) is 42.0. The van der Waals surface area contributed by atoms with E-state index >= 15 is 0 Å². The normalized spacial score (nSPS) is 16.8. The first-order valence-corrected chi connectivity index (χ1v) is 8.52. The van der Waals surface area contributed by atoms with Crippen molar-refractivity contribution < 1.29 is 9.59 Å². The van der Waals surface area contributed by atoms with Gasteiger partial charge in [-0.2, -0.15) is 0 Å². The molecule has 1 atom stereocenters. The molecule has 1 aromatic heterocycles. The molecule has 0 bridgehead atoms. The van der Waals surface area contributed by atoms with Crippen LogP contribution in [0.3, 0.4) is 0 Å². The lowest BCUT2D eigenvalue weighted by Gasteiger charge is -2.23. The summed E-state index contributed by atoms with van der Waals surface area (Å²) in [6, 6.07) is 8.46. The Morgan fingerprint density at radius 3 is 2.73 bits per heavy atom. The van der Waals surface area contributed by atoms with Gasteiger partial charge < -0.3 is 21.4 Å². The van der Waals surface area contributed by atoms with Crippen molar-refractivity contribution >= 4 is 11.8 Å². The second kappa shape index (κ2) is 7.92. The number of H-pyrrole nitrogens is 1. The molecule has 0 saturated carbocycles. The highest BCUT2D eigenvalue weighted by Gasteiger charge is 2.19. The summed E-state index contributed by atoms with van der Waals surface area (Å²) in [6.45, 7) is 0.256. The van der Waals surface area contributed by atoms with Gasteiger partial charge in [0.05, 0.1) is 18.3 Å². The van der Waals surface area contributed by atoms with E-state index < -0.39 is 0 Å². The van der Waals surface area contributed by atoms with E-state index in [0.717, 1.165) is 18.4 Å². The van der Waals surface area contributed by atoms with Crippen LogP contribution in [-0.2, 0) is 17.9 Å². The van der Waals surface area contributed by atoms with Gasteiger partial charge in [0.1, 0.15) is 5.82 Å². The number of aromatic amines is 1. The van der Waals surface area contributed by atoms with Crippen molar-refractivity contribution in [2.75, 3.05) is 0 Å². The number of nitrogens with zero attached hydrogens (tertiary/aromatic N) is 1. The standard InChI is InChI=1S/C18H21N5O3/c19-9-13-8-17(25)23-15(21-13)10-20-18(26)12-6-4-11(5-7-12)14-2-1-3-16(24)22-14/h4-8,14H,1-3,9-10,19H2,(H,20,26)(H,22,24)(H,21,23,25). The lowest BCUT2D eigenvalue weighted by Crippen LogP contribution is -2.32. The van der Waals surface area contributed by atoms with Gasteiger partial charge in [0.25, 0.3) is 11.5 Å². The molecule has 1 unspecified atom stereocenters. The Morgan fingerprint density at radius 2 is 2.04 bits per heavy atom. The summed E-state index contributed by atoms with van der Waals surface area (Å²) in [7, 11) is 0. The third kappa shape index (κ3) is 4.34. The Bertz CT molecular complexity index is 860. The summed E-state index contributed by atoms with van der Waals surface area (Å²) in [5.74, 6) is 0.141. The number of rotatable bonds is 5. The van der Waals surface area contributed by atoms with Crippen molar-refractivity contribution in [3.63, 3.8) is 0 Å². The van der Waals surface area contributed by atoms with Gasteiger partial charge >= 0.3 is 0 Å². The fourth-order valence-electron chi connectivity index (χ4n) is 2.94. The van der Waals surface area contributed by atoms with E-state index in [1.165, 1.54) is 6.07 Å². The molecule has 2 aromatic rings. The fourth-order valence-corrected chi connectivity index (χ4v) is 2.94. The molecule has 0 aliphatic carbocycles. The van der Waals surface area contributed by atoms with E-state index in [0.29, 0.717) is 23.5 Å². The summed E-state index contributed by atoms with van der Waals surface area (Å²) in [5, 5.41) is 5.67. The summed E-state index contributed by atoms with van der Waals surface area (Å²) < 4.78 is 0. The number of hydrogen-bond acceptors (Lipinski definition) is 5. The van der Waals surface area contributed by atoms with Gasteiger partial charge in [-0.1, -0.05) is 12.1 Å². The Morgan fingerprint density at radius 1 is 1.27 bits per heavy atom. The molecule has 2 amide bonds. The number of hydrogen-bond donors (Lipinski definition) is 4. The van der Waals surface area contributed by atoms with E-state index in [2.05, 4.69) is 20.6 Å². The summed E-state index contributed by atoms with van der Waals surface area (Å²) in [5.41, 5.74) is 7.13. The highest BCUT2D eigenvalue weighted by atomic mass is 16.2. The molecule has 1 saturated heterocycles. The molecule has 8 heteroatoms. The molecule has 1 fully saturated rings. The number of nitrogens with two attached hydrogens (primary N) is 1. The van der Waals surface area contributed by atoms with Crippen molar-refractivity contribution in [3.8, 4) is 0 Å². The zero-order chi connectivity index (χ0) is 18.5. The predicted molar refractivity (Wildman–Crippen MR) is 95.1 cm³/mol. The van der Waals surface area contributed by atoms with Crippen LogP contribution in [0.2, 0.25) is 0 Å². The largest absolute Gasteiger partial charge is 0.349 e. The maximum atomic E-state index is 12.3. The first kappa shape index (κ1) is 17.8. The van der Waals surface area contributed by atoms with Crippen molar-refractivity contribution in [1.82, 2.24) is 20.6 Å². The van der Waals surface area contributed by atoms with Crippen LogP contribution in [0.4, 0.5) is 0 Å². The minimum Gasteiger partial charge on any atom is -0.349 e. The van der Waals surface area contributed by atoms with Crippen molar-refractivity contribution in [2.24, 2.45) is 5.73 Å². The van der Waals surface area contributed by atoms with Gasteiger partial charge in [0, 0.05) is 24.6 Å². The minimum atomic E-state index is -0.302. The molecule has 0 spiro atoms. The third-order valence-corrected chi connectivity index (χ3v) is 4.28. The van der Waals surface area contributed by atoms with Crippen molar-refractivity contribution in [1.29, 1.82) is 0 Å². The molecule has 5 N–H and O–H groups in total. The lowest BCUT2D eigenvalue weighted by atomic mass is 9.96. The van der Waals surface area contributed by atoms with Crippen LogP contribution < -0.4 is 21.9 Å². The van der Waals surface area contributed by atoms with Crippen LogP contribution in [0.15, 0.2) is 35.1 Å². The van der Waals surface area contributed by atoms with Crippen LogP contribution in [0.5, 0.6) is 0 Å². The van der Waals surface area contributed by atoms with Crippen molar-refractivity contribution in [3.05, 3.63) is 63.3 Å². The average Bonchev–Trinajstić information content (AvgIpc) is 2.66. The molecule has 26 heavy (non-hydrogen) atoms. The van der Waals surface area contributed by atoms with Gasteiger partial charge in [0.15, 0.2) is 0 Å². The maximum absolute atomic E-state index is 12.3. The average molecular weight is 355 g/mol. The second-order valence-corrected chi connectivity index (χ2v) is 6.20. The van der Waals surface area contributed by atoms with E-state index in [1.54, 1.807) is 12.1 Å². The van der Waals surface area contributed by atoms with Crippen LogP contribution in [0.25, 0.3) is 0 Å². The molecule has 1 aliphatic heterocycles. The van der Waals surface area contributed by atoms with Gasteiger partial charge in [-0.25, -0.2) is 4.98 Å². The predicted octanol–water partition coefficient (Wildman–Crippen LogP) is 0.500. The molecular formula is C18H21N5O3. The summed E-state index contributed by atoms with van der Waals surface area (Å²) in [6.07, 6.45) is 2.33. The smallest absolute Gasteiger partial charge is 0.251 e. The minimum absolute atomic E-state index is 0.00152. The van der Waals surface area contributed by atoms with Gasteiger partial charge in [-0.3, -0.25) is 14.4 Å². The second-order valence-electron chi connectivity index (χ2n) is 6.20. The molecule has 0 radical (unpaired) electrons. The Labute approximate surface area is 150 Å². The fraction of sp³-hybridized carbons (Fsp3) is 0.333. The Kier molecular flexibility index (Phi) is 5.43. The van der Waals surface area contributed by atoms with Crippen LogP contribution >= 0.6 is 0 Å². The van der Waals surface area contributed by atoms with Gasteiger partial charge in [0.2, 0.25) is 5.91 Å². The molecule has 2 heterocycles. The molecular weight excluding hydrogens is 334 g/mol. The zero-order valence-electron chi connectivity index (χ0n) is 14.2. The first-order chi connectivity index (χ1) is 12.5. The lowest BCUT2D eigenvalue weighted by molar-refractivity contribution is -0.123. The first-order valence-electron chi connectivity index (χ1n) is 8.52. The summed E-state index contributed by atoms with van der Waals surface area (Å²) >= 11 is 0. The topological polar surface area (TPSA) is 130 Å². The van der Waals surface area contributed by atoms with E-state index in [9.17, 15) is 14.4 Å². The molecule has 1 aromatic carbocycles. The number of amides is 2. The van der Waals surface area contributed by atoms with Gasteiger partial charge in [-0.05, 0) is 30.5 Å². The number of benzene rings is 1. The van der Waals surface area contributed by atoms with E-state index in [4.69, 9.17) is 5.73 Å². The van der Waals surface area contributed by atoms with Gasteiger partial charge in [-0.15, -0.1) is 0 Å². The monoisotopic (exact) mass is 355 g/mol. The number of carbonyl (C=O) groups excluding carboxylic acids is 2. The molecule has 136 valence electrons. The molecule has 3 rings (SSSR count). The van der Waals surface area contributed by atoms with E-state index in [1.807, 2.05) is 12.1 Å². The van der Waals surface area contributed by atoms with Crippen LogP contribution in [-0.4, -0.2) is 21.8 Å². The third-order valence-electron chi connectivity index (χ3n) is 4.28. The molecule has 8 nitrogen and oxygen atoms in total. The highest BCUT2D eigenvalue weighted by molar-refractivity contribution is 5.94. The zero-order valence-corrected chi connectivity index (χ0v) is 14.2. The van der Waals surface area contributed by atoms with Crippen molar-refractivity contribution in [2.45, 2.75) is 38.4 Å². The molecule has 1 aliphatic rings. The number of carbonyl (C=O) groups is 2. The van der Waals surface area contributed by atoms with Crippen LogP contribution in [0.1, 0.15) is 52.7 Å².